The lowest BCUT2D eigenvalue weighted by Gasteiger charge is -2.14. The van der Waals surface area contributed by atoms with E-state index in [2.05, 4.69) is 51.8 Å². The van der Waals surface area contributed by atoms with Gasteiger partial charge in [-0.05, 0) is 25.0 Å². The van der Waals surface area contributed by atoms with Crippen LogP contribution in [0.2, 0.25) is 0 Å². The van der Waals surface area contributed by atoms with Crippen molar-refractivity contribution in [1.82, 2.24) is 19.9 Å². The molecule has 1 aliphatic rings. The van der Waals surface area contributed by atoms with Crippen LogP contribution in [0.5, 0.6) is 0 Å². The summed E-state index contributed by atoms with van der Waals surface area (Å²) in [6.07, 6.45) is 5.28. The van der Waals surface area contributed by atoms with Gasteiger partial charge in [0.05, 0.1) is 11.9 Å². The quantitative estimate of drug-likeness (QED) is 0.540. The molecular weight excluding hydrogens is 380 g/mol. The van der Waals surface area contributed by atoms with E-state index >= 15 is 0 Å². The van der Waals surface area contributed by atoms with Crippen LogP contribution in [0.15, 0.2) is 47.6 Å². The van der Waals surface area contributed by atoms with Crippen LogP contribution in [0.1, 0.15) is 38.7 Å². The average molecular weight is 409 g/mol. The Morgan fingerprint density at radius 3 is 2.60 bits per heavy atom. The van der Waals surface area contributed by atoms with Crippen LogP contribution in [0.25, 0.3) is 16.9 Å². The molecule has 3 aromatic rings. The second kappa shape index (κ2) is 10.4. The van der Waals surface area contributed by atoms with Crippen molar-refractivity contribution in [3.63, 3.8) is 0 Å². The van der Waals surface area contributed by atoms with Crippen molar-refractivity contribution < 1.29 is 9.90 Å². The van der Waals surface area contributed by atoms with Crippen LogP contribution in [0.4, 0.5) is 5.82 Å². The van der Waals surface area contributed by atoms with Gasteiger partial charge in [-0.25, -0.2) is 9.50 Å². The number of imidazole rings is 1. The molecule has 1 aromatic carbocycles. The summed E-state index contributed by atoms with van der Waals surface area (Å²) in [7, 11) is 0. The Kier molecular flexibility index (Phi) is 7.37. The second-order valence-corrected chi connectivity index (χ2v) is 7.02. The van der Waals surface area contributed by atoms with Crippen LogP contribution in [-0.2, 0) is 4.79 Å². The molecule has 0 spiro atoms. The van der Waals surface area contributed by atoms with E-state index in [4.69, 9.17) is 15.0 Å². The first-order chi connectivity index (χ1) is 14.6. The maximum Gasteiger partial charge on any atom is 0.300 e. The van der Waals surface area contributed by atoms with Crippen molar-refractivity contribution in [2.75, 3.05) is 25.0 Å². The minimum absolute atomic E-state index is 0.833. The van der Waals surface area contributed by atoms with Gasteiger partial charge in [-0.2, -0.15) is 0 Å². The van der Waals surface area contributed by atoms with Crippen molar-refractivity contribution in [3.8, 4) is 11.3 Å². The molecule has 8 nitrogen and oxygen atoms in total. The zero-order chi connectivity index (χ0) is 21.3. The Morgan fingerprint density at radius 2 is 1.93 bits per heavy atom. The number of hydrogen-bond acceptors (Lipinski definition) is 6. The first-order valence-electron chi connectivity index (χ1n) is 10.3. The number of carbonyl (C=O) groups is 1. The summed E-state index contributed by atoms with van der Waals surface area (Å²) < 4.78 is 1.90. The number of rotatable bonds is 6. The van der Waals surface area contributed by atoms with Gasteiger partial charge in [-0.1, -0.05) is 37.6 Å². The topological polar surface area (TPSA) is 104 Å². The third-order valence-electron chi connectivity index (χ3n) is 4.55. The van der Waals surface area contributed by atoms with Gasteiger partial charge in [0.15, 0.2) is 5.65 Å². The molecule has 0 radical (unpaired) electrons. The minimum atomic E-state index is -0.833. The second-order valence-electron chi connectivity index (χ2n) is 7.02. The van der Waals surface area contributed by atoms with Crippen molar-refractivity contribution >= 4 is 23.3 Å². The number of benzene rings is 1. The maximum atomic E-state index is 9.00. The molecule has 30 heavy (non-hydrogen) atoms. The molecule has 158 valence electrons. The van der Waals surface area contributed by atoms with Crippen LogP contribution in [-0.4, -0.2) is 51.1 Å². The number of aromatic nitrogens is 3. The number of aliphatic imine (C=N–C) groups is 1. The Morgan fingerprint density at radius 1 is 1.20 bits per heavy atom. The smallest absolute Gasteiger partial charge is 0.300 e. The van der Waals surface area contributed by atoms with E-state index in [0.29, 0.717) is 0 Å². The summed E-state index contributed by atoms with van der Waals surface area (Å²) in [5.74, 6) is 1.03. The van der Waals surface area contributed by atoms with Crippen LogP contribution in [0, 0.1) is 0 Å². The van der Waals surface area contributed by atoms with Gasteiger partial charge in [-0.3, -0.25) is 9.79 Å². The third-order valence-corrected chi connectivity index (χ3v) is 4.55. The average Bonchev–Trinajstić information content (AvgIpc) is 3.18. The van der Waals surface area contributed by atoms with Gasteiger partial charge in [0.25, 0.3) is 5.97 Å². The first kappa shape index (κ1) is 21.3. The number of aliphatic carboxylic acids is 1. The summed E-state index contributed by atoms with van der Waals surface area (Å²) in [5, 5.41) is 18.9. The van der Waals surface area contributed by atoms with Crippen molar-refractivity contribution in [3.05, 3.63) is 48.2 Å². The molecule has 0 fully saturated rings. The zero-order valence-electron chi connectivity index (χ0n) is 17.4. The largest absolute Gasteiger partial charge is 0.481 e. The predicted octanol–water partition coefficient (Wildman–Crippen LogP) is 3.44. The van der Waals surface area contributed by atoms with Gasteiger partial charge in [0, 0.05) is 37.7 Å². The number of fused-ring (bicyclic) bond motifs is 1. The lowest BCUT2D eigenvalue weighted by molar-refractivity contribution is -0.134. The highest BCUT2D eigenvalue weighted by Crippen LogP contribution is 2.22. The molecule has 0 saturated heterocycles. The molecule has 3 heterocycles. The van der Waals surface area contributed by atoms with Crippen molar-refractivity contribution in [2.24, 2.45) is 4.99 Å². The van der Waals surface area contributed by atoms with E-state index in [-0.39, 0.29) is 0 Å². The van der Waals surface area contributed by atoms with Gasteiger partial charge in [0.1, 0.15) is 11.7 Å². The number of nitrogens with one attached hydrogen (secondary N) is 2. The van der Waals surface area contributed by atoms with Gasteiger partial charge < -0.3 is 15.7 Å². The standard InChI is InChI=1S/C20H24N6.C2H4O2/c1-2-3-11-21-18-9-10-19-24-14-17(26(19)25-18)15-5-7-16(8-6-15)20-22-12-4-13-23-20;1-2(3)4/h5-10,14H,2-4,11-13H2,1H3,(H,21,25)(H,22,23);1H3,(H,3,4). The minimum Gasteiger partial charge on any atom is -0.481 e. The molecule has 1 aliphatic heterocycles. The molecule has 0 bridgehead atoms. The van der Waals surface area contributed by atoms with Gasteiger partial charge in [-0.15, -0.1) is 5.10 Å². The molecule has 0 atom stereocenters. The van der Waals surface area contributed by atoms with Gasteiger partial charge >= 0.3 is 0 Å². The fourth-order valence-electron chi connectivity index (χ4n) is 3.08. The van der Waals surface area contributed by atoms with E-state index < -0.39 is 5.97 Å². The third kappa shape index (κ3) is 5.56. The van der Waals surface area contributed by atoms with E-state index in [1.807, 2.05) is 22.8 Å². The molecule has 8 heteroatoms. The Labute approximate surface area is 176 Å². The van der Waals surface area contributed by atoms with Crippen molar-refractivity contribution in [1.29, 1.82) is 0 Å². The van der Waals surface area contributed by atoms with E-state index in [0.717, 1.165) is 79.9 Å². The predicted molar refractivity (Wildman–Crippen MR) is 119 cm³/mol. The fraction of sp³-hybridized carbons (Fsp3) is 0.364. The van der Waals surface area contributed by atoms with E-state index in [1.54, 1.807) is 0 Å². The molecule has 0 saturated carbocycles. The zero-order valence-corrected chi connectivity index (χ0v) is 17.4. The molecule has 0 unspecified atom stereocenters. The number of anilines is 1. The van der Waals surface area contributed by atoms with Crippen LogP contribution in [0.3, 0.4) is 0 Å². The molecule has 3 N–H and O–H groups in total. The molecular formula is C22H28N6O2. The molecule has 0 aliphatic carbocycles. The Balaban J connectivity index is 0.000000589. The summed E-state index contributed by atoms with van der Waals surface area (Å²) in [6, 6.07) is 12.4. The monoisotopic (exact) mass is 408 g/mol. The number of carboxylic acids is 1. The number of hydrogen-bond donors (Lipinski definition) is 3. The summed E-state index contributed by atoms with van der Waals surface area (Å²) in [5.41, 5.74) is 4.06. The van der Waals surface area contributed by atoms with Crippen LogP contribution >= 0.6 is 0 Å². The van der Waals surface area contributed by atoms with E-state index in [1.165, 1.54) is 0 Å². The van der Waals surface area contributed by atoms with Crippen molar-refractivity contribution in [2.45, 2.75) is 33.1 Å². The number of nitrogens with zero attached hydrogens (tertiary/aromatic N) is 4. The number of unbranched alkanes of at least 4 members (excludes halogenated alkanes) is 1. The Hall–Kier alpha value is -3.42. The molecule has 0 amide bonds. The normalized spacial score (nSPS) is 13.1. The lowest BCUT2D eigenvalue weighted by atomic mass is 10.1. The fourth-order valence-corrected chi connectivity index (χ4v) is 3.08. The van der Waals surface area contributed by atoms with E-state index in [9.17, 15) is 0 Å². The Bertz CT molecular complexity index is 1010. The summed E-state index contributed by atoms with van der Waals surface area (Å²) in [4.78, 5) is 18.0. The lowest BCUT2D eigenvalue weighted by Crippen LogP contribution is -2.30. The summed E-state index contributed by atoms with van der Waals surface area (Å²) >= 11 is 0. The highest BCUT2D eigenvalue weighted by Gasteiger charge is 2.10. The molecule has 4 rings (SSSR count). The first-order valence-corrected chi connectivity index (χ1v) is 10.3. The van der Waals surface area contributed by atoms with Gasteiger partial charge in [0.2, 0.25) is 0 Å². The SMILES string of the molecule is CC(=O)O.CCCCNc1ccc2ncc(-c3ccc(C4=NCCCN4)cc3)n2n1. The maximum absolute atomic E-state index is 9.00. The number of amidine groups is 1. The highest BCUT2D eigenvalue weighted by atomic mass is 16.4. The molecule has 2 aromatic heterocycles. The highest BCUT2D eigenvalue weighted by molar-refractivity contribution is 5.99. The summed E-state index contributed by atoms with van der Waals surface area (Å²) in [6.45, 7) is 6.09. The van der Waals surface area contributed by atoms with Crippen LogP contribution < -0.4 is 10.6 Å². The number of carboxylic acid groups (broad SMARTS) is 1.